The molecule has 3 amide bonds. The highest BCUT2D eigenvalue weighted by atomic mass is 19.4. The summed E-state index contributed by atoms with van der Waals surface area (Å²) in [5.41, 5.74) is -1.77. The summed E-state index contributed by atoms with van der Waals surface area (Å²) in [6.07, 6.45) is -2.11. The Morgan fingerprint density at radius 3 is 2.51 bits per heavy atom. The van der Waals surface area contributed by atoms with Crippen LogP contribution in [-0.2, 0) is 31.8 Å². The van der Waals surface area contributed by atoms with Crippen LogP contribution in [-0.4, -0.2) is 80.8 Å². The number of piperazine rings is 1. The van der Waals surface area contributed by atoms with Gasteiger partial charge in [-0.05, 0) is 43.4 Å². The van der Waals surface area contributed by atoms with Gasteiger partial charge in [0.25, 0.3) is 0 Å². The SMILES string of the molecule is C=CC(=O)N1CCN([C@@H](Cc2cccc(C(F)(F)F)c2)C(=O)N2CCC[C@H]2C(=O)O)C(=O)C12CC2. The predicted octanol–water partition coefficient (Wildman–Crippen LogP) is 2.08. The average Bonchev–Trinajstić information content (AvgIpc) is 3.43. The summed E-state index contributed by atoms with van der Waals surface area (Å²) in [5.74, 6) is -2.63. The van der Waals surface area contributed by atoms with Crippen molar-refractivity contribution in [3.8, 4) is 0 Å². The van der Waals surface area contributed by atoms with Crippen LogP contribution < -0.4 is 0 Å². The Morgan fingerprint density at radius 1 is 1.20 bits per heavy atom. The third-order valence-corrected chi connectivity index (χ3v) is 7.07. The molecule has 2 aliphatic heterocycles. The number of hydrogen-bond acceptors (Lipinski definition) is 4. The third kappa shape index (κ3) is 4.51. The van der Waals surface area contributed by atoms with Crippen LogP contribution in [0.2, 0.25) is 0 Å². The summed E-state index contributed by atoms with van der Waals surface area (Å²) < 4.78 is 39.8. The summed E-state index contributed by atoms with van der Waals surface area (Å²) in [6.45, 7) is 3.80. The lowest BCUT2D eigenvalue weighted by atomic mass is 9.98. The second-order valence-electron chi connectivity index (χ2n) is 9.17. The Kier molecular flexibility index (Phi) is 6.37. The maximum atomic E-state index is 13.6. The summed E-state index contributed by atoms with van der Waals surface area (Å²) >= 11 is 0. The van der Waals surface area contributed by atoms with Gasteiger partial charge < -0.3 is 19.8 Å². The Labute approximate surface area is 200 Å². The van der Waals surface area contributed by atoms with Crippen molar-refractivity contribution < 1.29 is 37.5 Å². The van der Waals surface area contributed by atoms with Crippen molar-refractivity contribution in [1.29, 1.82) is 0 Å². The number of carboxylic acid groups (broad SMARTS) is 1. The minimum Gasteiger partial charge on any atom is -0.480 e. The van der Waals surface area contributed by atoms with Crippen LogP contribution in [0.25, 0.3) is 0 Å². The van der Waals surface area contributed by atoms with Crippen LogP contribution in [0.15, 0.2) is 36.9 Å². The normalized spacial score (nSPS) is 22.3. The number of halogens is 3. The molecule has 1 spiro atoms. The van der Waals surface area contributed by atoms with E-state index in [0.29, 0.717) is 19.3 Å². The molecule has 8 nitrogen and oxygen atoms in total. The van der Waals surface area contributed by atoms with Crippen LogP contribution in [0, 0.1) is 0 Å². The van der Waals surface area contributed by atoms with Gasteiger partial charge in [-0.15, -0.1) is 0 Å². The molecule has 2 saturated heterocycles. The highest BCUT2D eigenvalue weighted by Crippen LogP contribution is 2.46. The fourth-order valence-electron chi connectivity index (χ4n) is 5.14. The van der Waals surface area contributed by atoms with Gasteiger partial charge >= 0.3 is 12.1 Å². The number of nitrogens with zero attached hydrogens (tertiary/aromatic N) is 3. The zero-order valence-electron chi connectivity index (χ0n) is 19.0. The van der Waals surface area contributed by atoms with E-state index in [-0.39, 0.29) is 38.0 Å². The molecular weight excluding hydrogens is 467 g/mol. The Bertz CT molecular complexity index is 1070. The van der Waals surface area contributed by atoms with Crippen LogP contribution in [0.1, 0.15) is 36.8 Å². The molecular formula is C24H26F3N3O5. The summed E-state index contributed by atoms with van der Waals surface area (Å²) in [5, 5.41) is 9.56. The Balaban J connectivity index is 1.68. The van der Waals surface area contributed by atoms with Gasteiger partial charge in [-0.3, -0.25) is 14.4 Å². The summed E-state index contributed by atoms with van der Waals surface area (Å²) in [4.78, 5) is 55.2. The summed E-state index contributed by atoms with van der Waals surface area (Å²) in [6, 6.07) is 2.30. The molecule has 3 fully saturated rings. The molecule has 2 atom stereocenters. The smallest absolute Gasteiger partial charge is 0.416 e. The van der Waals surface area contributed by atoms with Gasteiger partial charge in [0, 0.05) is 26.1 Å². The second-order valence-corrected chi connectivity index (χ2v) is 9.17. The van der Waals surface area contributed by atoms with Gasteiger partial charge in [0.1, 0.15) is 17.6 Å². The largest absolute Gasteiger partial charge is 0.480 e. The highest BCUT2D eigenvalue weighted by Gasteiger charge is 2.61. The number of amides is 3. The average molecular weight is 493 g/mol. The van der Waals surface area contributed by atoms with Crippen molar-refractivity contribution in [2.75, 3.05) is 19.6 Å². The molecule has 35 heavy (non-hydrogen) atoms. The first-order chi connectivity index (χ1) is 16.5. The Morgan fingerprint density at radius 2 is 1.91 bits per heavy atom. The monoisotopic (exact) mass is 493 g/mol. The van der Waals surface area contributed by atoms with E-state index in [1.165, 1.54) is 26.8 Å². The van der Waals surface area contributed by atoms with Crippen LogP contribution in [0.3, 0.4) is 0 Å². The van der Waals surface area contributed by atoms with Gasteiger partial charge in [-0.1, -0.05) is 24.8 Å². The fraction of sp³-hybridized carbons (Fsp3) is 0.500. The van der Waals surface area contributed by atoms with E-state index >= 15 is 0 Å². The quantitative estimate of drug-likeness (QED) is 0.612. The predicted molar refractivity (Wildman–Crippen MR) is 117 cm³/mol. The lowest BCUT2D eigenvalue weighted by molar-refractivity contribution is -0.160. The zero-order valence-corrected chi connectivity index (χ0v) is 19.0. The van der Waals surface area contributed by atoms with E-state index in [2.05, 4.69) is 6.58 Å². The first-order valence-corrected chi connectivity index (χ1v) is 11.4. The molecule has 2 heterocycles. The molecule has 4 rings (SSSR count). The molecule has 1 aliphatic carbocycles. The molecule has 0 aromatic heterocycles. The molecule has 0 unspecified atom stereocenters. The van der Waals surface area contributed by atoms with E-state index in [1.807, 2.05) is 0 Å². The molecule has 1 aromatic carbocycles. The van der Waals surface area contributed by atoms with Crippen LogP contribution in [0.5, 0.6) is 0 Å². The maximum Gasteiger partial charge on any atom is 0.416 e. The minimum absolute atomic E-state index is 0.00110. The van der Waals surface area contributed by atoms with Gasteiger partial charge in [0.15, 0.2) is 0 Å². The van der Waals surface area contributed by atoms with Gasteiger partial charge in [-0.2, -0.15) is 13.2 Å². The lowest BCUT2D eigenvalue weighted by Crippen LogP contribution is -2.65. The first-order valence-electron chi connectivity index (χ1n) is 11.4. The number of likely N-dealkylation sites (tertiary alicyclic amines) is 1. The number of carbonyl (C=O) groups excluding carboxylic acids is 3. The van der Waals surface area contributed by atoms with E-state index in [9.17, 15) is 37.5 Å². The van der Waals surface area contributed by atoms with E-state index < -0.39 is 53.1 Å². The van der Waals surface area contributed by atoms with Gasteiger partial charge in [-0.25, -0.2) is 4.79 Å². The van der Waals surface area contributed by atoms with Crippen molar-refractivity contribution in [3.05, 3.63) is 48.0 Å². The number of benzene rings is 1. The molecule has 1 N–H and O–H groups in total. The van der Waals surface area contributed by atoms with E-state index in [0.717, 1.165) is 18.2 Å². The number of carbonyl (C=O) groups is 4. The van der Waals surface area contributed by atoms with Crippen molar-refractivity contribution >= 4 is 23.7 Å². The number of alkyl halides is 3. The molecule has 188 valence electrons. The van der Waals surface area contributed by atoms with Crippen molar-refractivity contribution in [2.24, 2.45) is 0 Å². The van der Waals surface area contributed by atoms with Crippen LogP contribution >= 0.6 is 0 Å². The molecule has 3 aliphatic rings. The highest BCUT2D eigenvalue weighted by molar-refractivity contribution is 6.00. The standard InChI is InChI=1S/C24H26F3N3O5/c1-2-19(31)30-12-11-29(22(35)23(30)8-9-23)18(20(32)28-10-4-7-17(28)21(33)34)14-15-5-3-6-16(13-15)24(25,26)27/h2-3,5-6,13,17-18H,1,4,7-12,14H2,(H,33,34)/t17-,18-/m0/s1. The lowest BCUT2D eigenvalue weighted by Gasteiger charge is -2.44. The second kappa shape index (κ2) is 9.01. The van der Waals surface area contributed by atoms with Gasteiger partial charge in [0.05, 0.1) is 5.56 Å². The zero-order chi connectivity index (χ0) is 25.5. The van der Waals surface area contributed by atoms with Crippen molar-refractivity contribution in [2.45, 2.75) is 55.9 Å². The topological polar surface area (TPSA) is 98.2 Å². The molecule has 11 heteroatoms. The number of rotatable bonds is 6. The molecule has 1 saturated carbocycles. The van der Waals surface area contributed by atoms with E-state index in [4.69, 9.17) is 0 Å². The van der Waals surface area contributed by atoms with Gasteiger partial charge in [0.2, 0.25) is 17.7 Å². The van der Waals surface area contributed by atoms with Crippen molar-refractivity contribution in [3.63, 3.8) is 0 Å². The number of carboxylic acids is 1. The van der Waals surface area contributed by atoms with Crippen LogP contribution in [0.4, 0.5) is 13.2 Å². The van der Waals surface area contributed by atoms with Crippen molar-refractivity contribution in [1.82, 2.24) is 14.7 Å². The first kappa shape index (κ1) is 24.7. The summed E-state index contributed by atoms with van der Waals surface area (Å²) in [7, 11) is 0. The molecule has 0 radical (unpaired) electrons. The number of aliphatic carboxylic acids is 1. The third-order valence-electron chi connectivity index (χ3n) is 7.07. The minimum atomic E-state index is -4.58. The van der Waals surface area contributed by atoms with E-state index in [1.54, 1.807) is 0 Å². The molecule has 0 bridgehead atoms. The molecule has 1 aromatic rings. The maximum absolute atomic E-state index is 13.6. The fourth-order valence-corrected chi connectivity index (χ4v) is 5.14. The Hall–Kier alpha value is -3.37. The number of hydrogen-bond donors (Lipinski definition) is 1.